The molecule has 3 atom stereocenters. The van der Waals surface area contributed by atoms with E-state index in [0.29, 0.717) is 5.25 Å². The summed E-state index contributed by atoms with van der Waals surface area (Å²) in [5.74, 6) is 0.277. The molecule has 1 aromatic rings. The van der Waals surface area contributed by atoms with Gasteiger partial charge in [0, 0.05) is 11.8 Å². The summed E-state index contributed by atoms with van der Waals surface area (Å²) >= 11 is 1.82. The van der Waals surface area contributed by atoms with E-state index in [1.165, 1.54) is 5.56 Å². The molecule has 3 nitrogen and oxygen atoms in total. The van der Waals surface area contributed by atoms with Crippen LogP contribution in [-0.4, -0.2) is 41.1 Å². The largest absolute Gasteiger partial charge is 0.325 e. The number of carbonyl (C=O) groups excluding carboxylic acids is 1. The highest BCUT2D eigenvalue weighted by Gasteiger charge is 2.37. The number of nitrogens with one attached hydrogen (secondary N) is 1. The van der Waals surface area contributed by atoms with Crippen LogP contribution in [0.5, 0.6) is 0 Å². The number of nitrogens with zero attached hydrogens (tertiary/aromatic N) is 1. The molecule has 1 N–H and O–H groups in total. The molecule has 1 heterocycles. The Hall–Kier alpha value is -1.00. The van der Waals surface area contributed by atoms with Gasteiger partial charge < -0.3 is 4.90 Å². The zero-order valence-corrected chi connectivity index (χ0v) is 14.0. The van der Waals surface area contributed by atoms with Crippen LogP contribution in [0.15, 0.2) is 30.3 Å². The van der Waals surface area contributed by atoms with Crippen molar-refractivity contribution < 1.29 is 4.79 Å². The number of carbonyl (C=O) groups is 1. The van der Waals surface area contributed by atoms with Crippen LogP contribution >= 0.6 is 11.8 Å². The Morgan fingerprint density at radius 3 is 2.67 bits per heavy atom. The fraction of sp³-hybridized carbons (Fsp3) is 0.588. The minimum atomic E-state index is -0.0239. The summed E-state index contributed by atoms with van der Waals surface area (Å²) < 4.78 is 0. The van der Waals surface area contributed by atoms with Crippen molar-refractivity contribution >= 4 is 17.7 Å². The molecule has 1 fully saturated rings. The summed E-state index contributed by atoms with van der Waals surface area (Å²) in [5, 5.41) is 3.99. The van der Waals surface area contributed by atoms with Crippen molar-refractivity contribution in [3.63, 3.8) is 0 Å². The van der Waals surface area contributed by atoms with Gasteiger partial charge in [0.1, 0.15) is 0 Å². The highest BCUT2D eigenvalue weighted by atomic mass is 32.2. The van der Waals surface area contributed by atoms with Crippen LogP contribution in [0, 0.1) is 0 Å². The quantitative estimate of drug-likeness (QED) is 0.840. The van der Waals surface area contributed by atoms with Crippen molar-refractivity contribution in [2.24, 2.45) is 0 Å². The van der Waals surface area contributed by atoms with Crippen LogP contribution in [0.1, 0.15) is 32.3 Å². The van der Waals surface area contributed by atoms with Gasteiger partial charge in [-0.05, 0) is 31.1 Å². The zero-order valence-electron chi connectivity index (χ0n) is 13.2. The van der Waals surface area contributed by atoms with Crippen LogP contribution in [0.25, 0.3) is 0 Å². The van der Waals surface area contributed by atoms with E-state index < -0.39 is 0 Å². The molecule has 0 spiro atoms. The van der Waals surface area contributed by atoms with Gasteiger partial charge in [0.25, 0.3) is 0 Å². The molecule has 2 rings (SSSR count). The van der Waals surface area contributed by atoms with Gasteiger partial charge >= 0.3 is 0 Å². The van der Waals surface area contributed by atoms with E-state index >= 15 is 0 Å². The fourth-order valence-electron chi connectivity index (χ4n) is 2.82. The van der Waals surface area contributed by atoms with Crippen molar-refractivity contribution in [2.45, 2.75) is 50.6 Å². The lowest BCUT2D eigenvalue weighted by molar-refractivity contribution is -0.130. The number of aryl methyl sites for hydroxylation is 1. The Bertz CT molecular complexity index is 451. The number of amides is 1. The van der Waals surface area contributed by atoms with Gasteiger partial charge in [-0.3, -0.25) is 10.1 Å². The van der Waals surface area contributed by atoms with Crippen molar-refractivity contribution in [3.8, 4) is 0 Å². The zero-order chi connectivity index (χ0) is 15.2. The first-order valence-electron chi connectivity index (χ1n) is 7.79. The van der Waals surface area contributed by atoms with E-state index in [2.05, 4.69) is 49.7 Å². The second-order valence-corrected chi connectivity index (χ2v) is 6.98. The van der Waals surface area contributed by atoms with Crippen LogP contribution in [0.4, 0.5) is 0 Å². The Balaban J connectivity index is 1.94. The molecular formula is C17H26N2OS. The molecule has 1 aliphatic heterocycles. The number of rotatable bonds is 7. The third-order valence-corrected chi connectivity index (χ3v) is 5.11. The lowest BCUT2D eigenvalue weighted by Crippen LogP contribution is -2.40. The number of hydrogen-bond acceptors (Lipinski definition) is 3. The minimum absolute atomic E-state index is 0.0239. The van der Waals surface area contributed by atoms with Gasteiger partial charge in [0.15, 0.2) is 0 Å². The van der Waals surface area contributed by atoms with E-state index in [0.717, 1.165) is 25.8 Å². The van der Waals surface area contributed by atoms with E-state index in [1.807, 2.05) is 22.7 Å². The molecule has 1 amide bonds. The second kappa shape index (κ2) is 7.85. The first kappa shape index (κ1) is 16.4. The maximum absolute atomic E-state index is 12.6. The van der Waals surface area contributed by atoms with Crippen molar-refractivity contribution in [1.29, 1.82) is 0 Å². The summed E-state index contributed by atoms with van der Waals surface area (Å²) in [7, 11) is 0. The Labute approximate surface area is 132 Å². The Morgan fingerprint density at radius 2 is 2.05 bits per heavy atom. The van der Waals surface area contributed by atoms with Gasteiger partial charge in [-0.2, -0.15) is 11.8 Å². The summed E-state index contributed by atoms with van der Waals surface area (Å²) in [6, 6.07) is 10.4. The molecule has 0 saturated carbocycles. The summed E-state index contributed by atoms with van der Waals surface area (Å²) in [4.78, 5) is 14.6. The lowest BCUT2D eigenvalue weighted by atomic mass is 10.1. The van der Waals surface area contributed by atoms with Crippen molar-refractivity contribution in [3.05, 3.63) is 35.9 Å². The van der Waals surface area contributed by atoms with Gasteiger partial charge in [-0.15, -0.1) is 0 Å². The molecule has 1 saturated heterocycles. The number of thioether (sulfide) groups is 1. The second-order valence-electron chi connectivity index (χ2n) is 5.70. The molecule has 4 heteroatoms. The van der Waals surface area contributed by atoms with Crippen LogP contribution in [0.3, 0.4) is 0 Å². The summed E-state index contributed by atoms with van der Waals surface area (Å²) in [6.45, 7) is 5.16. The number of hydrogen-bond donors (Lipinski definition) is 1. The summed E-state index contributed by atoms with van der Waals surface area (Å²) in [6.07, 6.45) is 5.10. The molecule has 1 aliphatic rings. The standard InChI is InChI=1S/C17H26N2OS/c1-4-16-18-15(11-10-14-8-6-5-7-9-14)17(20)19(16)12-13(2)21-3/h5-9,13,15-16,18H,4,10-12H2,1-3H3. The van der Waals surface area contributed by atoms with Crippen molar-refractivity contribution in [1.82, 2.24) is 10.2 Å². The maximum Gasteiger partial charge on any atom is 0.241 e. The van der Waals surface area contributed by atoms with Crippen LogP contribution in [0.2, 0.25) is 0 Å². The van der Waals surface area contributed by atoms with Gasteiger partial charge in [0.2, 0.25) is 5.91 Å². The Kier molecular flexibility index (Phi) is 6.12. The predicted octanol–water partition coefficient (Wildman–Crippen LogP) is 2.91. The topological polar surface area (TPSA) is 32.3 Å². The molecule has 21 heavy (non-hydrogen) atoms. The third kappa shape index (κ3) is 4.24. The SMILES string of the molecule is CCC1NC(CCc2ccccc2)C(=O)N1CC(C)SC. The van der Waals surface area contributed by atoms with Gasteiger partial charge in [-0.25, -0.2) is 0 Å². The lowest BCUT2D eigenvalue weighted by Gasteiger charge is -2.25. The molecule has 0 bridgehead atoms. The van der Waals surface area contributed by atoms with Crippen LogP contribution in [-0.2, 0) is 11.2 Å². The van der Waals surface area contributed by atoms with Gasteiger partial charge in [0.05, 0.1) is 12.2 Å². The summed E-state index contributed by atoms with van der Waals surface area (Å²) in [5.41, 5.74) is 1.30. The average Bonchev–Trinajstić information content (AvgIpc) is 2.82. The number of benzene rings is 1. The molecule has 1 aromatic carbocycles. The van der Waals surface area contributed by atoms with E-state index in [-0.39, 0.29) is 18.1 Å². The average molecular weight is 306 g/mol. The molecular weight excluding hydrogens is 280 g/mol. The highest BCUT2D eigenvalue weighted by Crippen LogP contribution is 2.20. The monoisotopic (exact) mass is 306 g/mol. The van der Waals surface area contributed by atoms with E-state index in [4.69, 9.17) is 0 Å². The predicted molar refractivity (Wildman–Crippen MR) is 90.5 cm³/mol. The van der Waals surface area contributed by atoms with E-state index in [1.54, 1.807) is 0 Å². The van der Waals surface area contributed by atoms with Crippen LogP contribution < -0.4 is 5.32 Å². The maximum atomic E-state index is 12.6. The first-order valence-corrected chi connectivity index (χ1v) is 9.07. The smallest absolute Gasteiger partial charge is 0.241 e. The molecule has 116 valence electrons. The molecule has 3 unspecified atom stereocenters. The van der Waals surface area contributed by atoms with Crippen molar-refractivity contribution in [2.75, 3.05) is 12.8 Å². The molecule has 0 radical (unpaired) electrons. The normalized spacial score (nSPS) is 23.6. The van der Waals surface area contributed by atoms with Gasteiger partial charge in [-0.1, -0.05) is 44.2 Å². The van der Waals surface area contributed by atoms with E-state index in [9.17, 15) is 4.79 Å². The molecule has 0 aromatic heterocycles. The Morgan fingerprint density at radius 1 is 1.33 bits per heavy atom. The first-order chi connectivity index (χ1) is 10.2. The fourth-order valence-corrected chi connectivity index (χ4v) is 3.13. The highest BCUT2D eigenvalue weighted by molar-refractivity contribution is 7.99. The molecule has 0 aliphatic carbocycles. The third-order valence-electron chi connectivity index (χ3n) is 4.16. The minimum Gasteiger partial charge on any atom is -0.325 e.